The molecular weight excluding hydrogens is 376 g/mol. The Labute approximate surface area is 149 Å². The van der Waals surface area contributed by atoms with Crippen molar-refractivity contribution >= 4 is 33.2 Å². The van der Waals surface area contributed by atoms with Gasteiger partial charge in [0, 0.05) is 9.35 Å². The zero-order valence-electron chi connectivity index (χ0n) is 13.7. The van der Waals surface area contributed by atoms with Gasteiger partial charge in [0.05, 0.1) is 0 Å². The minimum Gasteiger partial charge on any atom is -0.485 e. The molecule has 1 aromatic carbocycles. The van der Waals surface area contributed by atoms with Crippen LogP contribution in [-0.2, 0) is 0 Å². The summed E-state index contributed by atoms with van der Waals surface area (Å²) in [6.45, 7) is 8.35. The molecule has 1 heterocycles. The van der Waals surface area contributed by atoms with Crippen LogP contribution in [0.15, 0.2) is 28.7 Å². The van der Waals surface area contributed by atoms with Gasteiger partial charge in [-0.2, -0.15) is 0 Å². The average molecular weight is 397 g/mol. The Morgan fingerprint density at radius 3 is 2.35 bits per heavy atom. The number of aryl methyl sites for hydroxylation is 2. The fourth-order valence-corrected chi connectivity index (χ4v) is 3.55. The van der Waals surface area contributed by atoms with Crippen molar-refractivity contribution in [2.24, 2.45) is 5.92 Å². The highest BCUT2D eigenvalue weighted by atomic mass is 79.9. The molecule has 0 saturated carbocycles. The van der Waals surface area contributed by atoms with Gasteiger partial charge in [-0.3, -0.25) is 0 Å². The van der Waals surface area contributed by atoms with Gasteiger partial charge in [0.15, 0.2) is 0 Å². The third kappa shape index (κ3) is 4.58. The van der Waals surface area contributed by atoms with Crippen LogP contribution >= 0.6 is 27.3 Å². The van der Waals surface area contributed by atoms with Crippen molar-refractivity contribution in [1.82, 2.24) is 0 Å². The van der Waals surface area contributed by atoms with Gasteiger partial charge in [-0.05, 0) is 61.6 Å². The summed E-state index contributed by atoms with van der Waals surface area (Å²) in [5, 5.41) is 9.12. The predicted octanol–water partition coefficient (Wildman–Crippen LogP) is 5.99. The molecule has 1 aromatic heterocycles. The van der Waals surface area contributed by atoms with Gasteiger partial charge in [-0.1, -0.05) is 29.8 Å². The van der Waals surface area contributed by atoms with Crippen LogP contribution in [0.5, 0.6) is 5.75 Å². The van der Waals surface area contributed by atoms with Crippen LogP contribution in [0.2, 0.25) is 0 Å². The molecule has 2 aromatic rings. The summed E-state index contributed by atoms with van der Waals surface area (Å²) < 4.78 is 7.31. The molecule has 0 aliphatic heterocycles. The smallest absolute Gasteiger partial charge is 0.345 e. The maximum Gasteiger partial charge on any atom is 0.345 e. The summed E-state index contributed by atoms with van der Waals surface area (Å²) in [5.41, 5.74) is 2.25. The summed E-state index contributed by atoms with van der Waals surface area (Å²) in [7, 11) is 0. The molecule has 1 N–H and O–H groups in total. The molecule has 0 bridgehead atoms. The van der Waals surface area contributed by atoms with Gasteiger partial charge >= 0.3 is 5.97 Å². The molecule has 0 aliphatic rings. The van der Waals surface area contributed by atoms with Crippen molar-refractivity contribution in [3.63, 3.8) is 0 Å². The third-order valence-corrected chi connectivity index (χ3v) is 5.94. The molecule has 1 unspecified atom stereocenters. The molecule has 23 heavy (non-hydrogen) atoms. The van der Waals surface area contributed by atoms with E-state index in [1.807, 2.05) is 32.0 Å². The van der Waals surface area contributed by atoms with Crippen molar-refractivity contribution in [2.45, 2.75) is 40.2 Å². The highest BCUT2D eigenvalue weighted by Gasteiger charge is 2.20. The summed E-state index contributed by atoms with van der Waals surface area (Å²) >= 11 is 4.85. The van der Waals surface area contributed by atoms with Crippen molar-refractivity contribution in [1.29, 1.82) is 0 Å². The number of carbonyl (C=O) groups is 1. The number of aromatic carboxylic acids is 1. The SMILES string of the molecule is Cc1cc(OC(CC(C)C)c2ccc(C(=O)O)s2)cc(C)c1Br. The number of benzene rings is 1. The zero-order chi connectivity index (χ0) is 17.1. The summed E-state index contributed by atoms with van der Waals surface area (Å²) in [5.74, 6) is 0.382. The standard InChI is InChI=1S/C18H21BrO3S/c1-10(2)7-14(15-5-6-16(23-15)18(20)21)22-13-8-11(3)17(19)12(4)9-13/h5-6,8-10,14H,7H2,1-4H3,(H,20,21). The second-order valence-electron chi connectivity index (χ2n) is 6.11. The summed E-state index contributed by atoms with van der Waals surface area (Å²) in [6, 6.07) is 7.53. The predicted molar refractivity (Wildman–Crippen MR) is 97.7 cm³/mol. The highest BCUT2D eigenvalue weighted by Crippen LogP contribution is 2.34. The van der Waals surface area contributed by atoms with Crippen LogP contribution in [0.25, 0.3) is 0 Å². The summed E-state index contributed by atoms with van der Waals surface area (Å²) in [6.07, 6.45) is 0.710. The maximum absolute atomic E-state index is 11.1. The first-order valence-electron chi connectivity index (χ1n) is 7.54. The molecule has 2 rings (SSSR count). The second kappa shape index (κ2) is 7.49. The van der Waals surface area contributed by atoms with E-state index in [1.54, 1.807) is 6.07 Å². The average Bonchev–Trinajstić information content (AvgIpc) is 2.93. The number of hydrogen-bond acceptors (Lipinski definition) is 3. The zero-order valence-corrected chi connectivity index (χ0v) is 16.1. The maximum atomic E-state index is 11.1. The van der Waals surface area contributed by atoms with E-state index in [2.05, 4.69) is 29.8 Å². The van der Waals surface area contributed by atoms with Crippen LogP contribution in [0.3, 0.4) is 0 Å². The normalized spacial score (nSPS) is 12.4. The van der Waals surface area contributed by atoms with Crippen LogP contribution < -0.4 is 4.74 Å². The van der Waals surface area contributed by atoms with Gasteiger partial charge in [-0.15, -0.1) is 11.3 Å². The molecule has 0 amide bonds. The lowest BCUT2D eigenvalue weighted by atomic mass is 10.0. The fraction of sp³-hybridized carbons (Fsp3) is 0.389. The van der Waals surface area contributed by atoms with E-state index < -0.39 is 5.97 Å². The van der Waals surface area contributed by atoms with E-state index in [-0.39, 0.29) is 6.10 Å². The highest BCUT2D eigenvalue weighted by molar-refractivity contribution is 9.10. The molecule has 0 radical (unpaired) electrons. The number of rotatable bonds is 6. The topological polar surface area (TPSA) is 46.5 Å². The minimum absolute atomic E-state index is 0.131. The number of hydrogen-bond donors (Lipinski definition) is 1. The second-order valence-corrected chi connectivity index (χ2v) is 8.02. The molecule has 5 heteroatoms. The van der Waals surface area contributed by atoms with E-state index in [1.165, 1.54) is 11.3 Å². The lowest BCUT2D eigenvalue weighted by molar-refractivity contribution is 0.0702. The van der Waals surface area contributed by atoms with E-state index in [0.29, 0.717) is 10.8 Å². The first-order valence-corrected chi connectivity index (χ1v) is 9.15. The van der Waals surface area contributed by atoms with Crippen LogP contribution in [0.4, 0.5) is 0 Å². The fourth-order valence-electron chi connectivity index (χ4n) is 2.43. The largest absolute Gasteiger partial charge is 0.485 e. The van der Waals surface area contributed by atoms with Gasteiger partial charge < -0.3 is 9.84 Å². The number of halogens is 1. The summed E-state index contributed by atoms with van der Waals surface area (Å²) in [4.78, 5) is 12.4. The van der Waals surface area contributed by atoms with Gasteiger partial charge in [0.1, 0.15) is 16.7 Å². The Hall–Kier alpha value is -1.33. The lowest BCUT2D eigenvalue weighted by Gasteiger charge is -2.21. The number of ether oxygens (including phenoxy) is 1. The molecule has 1 atom stereocenters. The quantitative estimate of drug-likeness (QED) is 0.651. The van der Waals surface area contributed by atoms with E-state index >= 15 is 0 Å². The van der Waals surface area contributed by atoms with Crippen molar-refractivity contribution in [3.8, 4) is 5.75 Å². The van der Waals surface area contributed by atoms with E-state index in [4.69, 9.17) is 9.84 Å². The van der Waals surface area contributed by atoms with Crippen molar-refractivity contribution in [3.05, 3.63) is 49.6 Å². The lowest BCUT2D eigenvalue weighted by Crippen LogP contribution is -2.09. The minimum atomic E-state index is -0.889. The van der Waals surface area contributed by atoms with E-state index in [9.17, 15) is 4.79 Å². The van der Waals surface area contributed by atoms with E-state index in [0.717, 1.165) is 32.6 Å². The van der Waals surface area contributed by atoms with Crippen molar-refractivity contribution < 1.29 is 14.6 Å². The Kier molecular flexibility index (Phi) is 5.87. The number of carboxylic acids is 1. The van der Waals surface area contributed by atoms with Gasteiger partial charge in [-0.25, -0.2) is 4.79 Å². The van der Waals surface area contributed by atoms with Crippen LogP contribution in [-0.4, -0.2) is 11.1 Å². The molecule has 0 fully saturated rings. The third-order valence-electron chi connectivity index (χ3n) is 3.53. The molecule has 0 aliphatic carbocycles. The monoisotopic (exact) mass is 396 g/mol. The van der Waals surface area contributed by atoms with Crippen molar-refractivity contribution in [2.75, 3.05) is 0 Å². The Morgan fingerprint density at radius 1 is 1.26 bits per heavy atom. The first kappa shape index (κ1) is 18.0. The van der Waals surface area contributed by atoms with Crippen LogP contribution in [0, 0.1) is 19.8 Å². The van der Waals surface area contributed by atoms with Gasteiger partial charge in [0.25, 0.3) is 0 Å². The molecule has 0 spiro atoms. The first-order chi connectivity index (χ1) is 10.8. The molecule has 124 valence electrons. The Balaban J connectivity index is 2.30. The van der Waals surface area contributed by atoms with Crippen LogP contribution in [0.1, 0.15) is 52.0 Å². The Morgan fingerprint density at radius 2 is 1.87 bits per heavy atom. The number of thiophene rings is 1. The molecule has 3 nitrogen and oxygen atoms in total. The Bertz CT molecular complexity index is 683. The number of carboxylic acid groups (broad SMARTS) is 1. The van der Waals surface area contributed by atoms with Gasteiger partial charge in [0.2, 0.25) is 0 Å². The molecule has 0 saturated heterocycles. The molecular formula is C18H21BrO3S.